The van der Waals surface area contributed by atoms with Gasteiger partial charge in [0.1, 0.15) is 11.9 Å². The minimum absolute atomic E-state index is 0.193. The van der Waals surface area contributed by atoms with Crippen molar-refractivity contribution in [3.05, 3.63) is 78.1 Å². The van der Waals surface area contributed by atoms with E-state index in [4.69, 9.17) is 21.1 Å². The normalized spacial score (nSPS) is 24.4. The molecule has 2 bridgehead atoms. The average molecular weight is 487 g/mol. The highest BCUT2D eigenvalue weighted by Crippen LogP contribution is 2.44. The number of halogens is 1. The first-order valence-corrected chi connectivity index (χ1v) is 12.4. The molecular weight excluding hydrogens is 460 g/mol. The smallest absolute Gasteiger partial charge is 0.242 e. The number of methoxy groups -OCH3 is 1. The van der Waals surface area contributed by atoms with Gasteiger partial charge in [-0.3, -0.25) is 9.88 Å². The number of fused-ring (bicyclic) bond motifs is 5. The average Bonchev–Trinajstić information content (AvgIpc) is 2.92. The second kappa shape index (κ2) is 9.10. The Morgan fingerprint density at radius 3 is 2.74 bits per heavy atom. The quantitative estimate of drug-likeness (QED) is 0.318. The maximum absolute atomic E-state index is 6.84. The minimum Gasteiger partial charge on any atom is -0.497 e. The van der Waals surface area contributed by atoms with Crippen molar-refractivity contribution in [1.29, 1.82) is 0 Å². The Kier molecular flexibility index (Phi) is 5.78. The highest BCUT2D eigenvalue weighted by molar-refractivity contribution is 6.34. The summed E-state index contributed by atoms with van der Waals surface area (Å²) in [6.45, 7) is 6.14. The van der Waals surface area contributed by atoms with E-state index in [9.17, 15) is 0 Å². The molecule has 3 saturated heterocycles. The largest absolute Gasteiger partial charge is 0.497 e. The van der Waals surface area contributed by atoms with Gasteiger partial charge in [0.05, 0.1) is 18.7 Å². The van der Waals surface area contributed by atoms with E-state index >= 15 is 0 Å². The summed E-state index contributed by atoms with van der Waals surface area (Å²) in [6.07, 6.45) is 5.94. The number of rotatable bonds is 6. The monoisotopic (exact) mass is 486 g/mol. The zero-order valence-electron chi connectivity index (χ0n) is 19.6. The Bertz CT molecular complexity index is 1410. The molecule has 0 spiro atoms. The van der Waals surface area contributed by atoms with Crippen LogP contribution in [-0.2, 0) is 0 Å². The molecule has 7 rings (SSSR count). The summed E-state index contributed by atoms with van der Waals surface area (Å²) in [7, 11) is 1.68. The predicted molar refractivity (Wildman–Crippen MR) is 138 cm³/mol. The summed E-state index contributed by atoms with van der Waals surface area (Å²) >= 11 is 6.36. The van der Waals surface area contributed by atoms with Gasteiger partial charge in [-0.2, -0.15) is 0 Å². The molecular formula is C28H27ClN4O2. The number of hydrogen-bond donors (Lipinski definition) is 0. The Morgan fingerprint density at radius 2 is 1.97 bits per heavy atom. The van der Waals surface area contributed by atoms with Crippen LogP contribution in [0.15, 0.2) is 67.4 Å². The molecule has 2 aromatic carbocycles. The Hall–Kier alpha value is -3.22. The van der Waals surface area contributed by atoms with Crippen molar-refractivity contribution >= 4 is 33.3 Å². The minimum atomic E-state index is -0.264. The summed E-state index contributed by atoms with van der Waals surface area (Å²) in [6, 6.07) is 16.1. The number of piperidine rings is 3. The number of aromatic nitrogens is 3. The number of ether oxygens (including phenoxy) is 2. The molecule has 3 fully saturated rings. The highest BCUT2D eigenvalue weighted by atomic mass is 35.5. The lowest BCUT2D eigenvalue weighted by Gasteiger charge is -2.51. The third kappa shape index (κ3) is 3.91. The van der Waals surface area contributed by atoms with Crippen LogP contribution in [0.25, 0.3) is 21.7 Å². The Morgan fingerprint density at radius 1 is 1.11 bits per heavy atom. The van der Waals surface area contributed by atoms with Crippen LogP contribution in [0.1, 0.15) is 24.5 Å². The topological polar surface area (TPSA) is 60.4 Å². The second-order valence-electron chi connectivity index (χ2n) is 9.41. The molecule has 0 radical (unpaired) electrons. The first kappa shape index (κ1) is 22.3. The molecule has 4 aromatic rings. The molecule has 3 aliphatic rings. The molecule has 5 atom stereocenters. The van der Waals surface area contributed by atoms with Crippen LogP contribution in [0.5, 0.6) is 11.6 Å². The molecule has 35 heavy (non-hydrogen) atoms. The number of pyridine rings is 1. The maximum Gasteiger partial charge on any atom is 0.242 e. The fourth-order valence-corrected chi connectivity index (χ4v) is 6.02. The zero-order chi connectivity index (χ0) is 23.9. The molecule has 0 amide bonds. The lowest BCUT2D eigenvalue weighted by atomic mass is 9.73. The van der Waals surface area contributed by atoms with Gasteiger partial charge in [-0.05, 0) is 61.6 Å². The van der Waals surface area contributed by atoms with E-state index in [0.717, 1.165) is 52.5 Å². The van der Waals surface area contributed by atoms with Crippen LogP contribution in [-0.4, -0.2) is 46.3 Å². The van der Waals surface area contributed by atoms with Gasteiger partial charge in [-0.1, -0.05) is 35.9 Å². The first-order chi connectivity index (χ1) is 17.2. The van der Waals surface area contributed by atoms with E-state index < -0.39 is 0 Å². The molecule has 0 saturated carbocycles. The molecule has 3 aliphatic heterocycles. The number of nitrogens with zero attached hydrogens (tertiary/aromatic N) is 4. The van der Waals surface area contributed by atoms with Crippen LogP contribution in [0.3, 0.4) is 0 Å². The predicted octanol–water partition coefficient (Wildman–Crippen LogP) is 5.86. The summed E-state index contributed by atoms with van der Waals surface area (Å²) in [5, 5.41) is 11.7. The van der Waals surface area contributed by atoms with Crippen LogP contribution in [0.4, 0.5) is 0 Å². The molecule has 6 nitrogen and oxygen atoms in total. The van der Waals surface area contributed by atoms with Crippen molar-refractivity contribution in [3.8, 4) is 11.6 Å². The SMILES string of the molecule is C=C[C@H]1CN2CC[C@H]1C[C@@H]2[C@@H](Oc1nnc(Cl)c2ccccc12)c1ccnc2ccc(OC)cc12. The van der Waals surface area contributed by atoms with Crippen LogP contribution >= 0.6 is 11.6 Å². The summed E-state index contributed by atoms with van der Waals surface area (Å²) in [5.74, 6) is 2.40. The lowest BCUT2D eigenvalue weighted by molar-refractivity contribution is -0.0366. The third-order valence-electron chi connectivity index (χ3n) is 7.64. The zero-order valence-corrected chi connectivity index (χ0v) is 20.4. The molecule has 1 unspecified atom stereocenters. The Labute approximate surface area is 209 Å². The van der Waals surface area contributed by atoms with Gasteiger partial charge < -0.3 is 9.47 Å². The van der Waals surface area contributed by atoms with Crippen LogP contribution < -0.4 is 9.47 Å². The summed E-state index contributed by atoms with van der Waals surface area (Å²) in [4.78, 5) is 7.15. The fraction of sp³-hybridized carbons (Fsp3) is 0.321. The molecule has 7 heteroatoms. The van der Waals surface area contributed by atoms with Gasteiger partial charge >= 0.3 is 0 Å². The van der Waals surface area contributed by atoms with E-state index in [0.29, 0.717) is 22.9 Å². The van der Waals surface area contributed by atoms with Crippen molar-refractivity contribution in [3.63, 3.8) is 0 Å². The van der Waals surface area contributed by atoms with E-state index in [1.54, 1.807) is 7.11 Å². The highest BCUT2D eigenvalue weighted by Gasteiger charge is 2.44. The number of hydrogen-bond acceptors (Lipinski definition) is 6. The fourth-order valence-electron chi connectivity index (χ4n) is 5.82. The van der Waals surface area contributed by atoms with Crippen molar-refractivity contribution in [1.82, 2.24) is 20.1 Å². The standard InChI is InChI=1S/C28H27ClN4O2/c1-3-17-16-33-13-11-18(17)14-25(33)26(20-10-12-30-24-9-8-19(34-2)15-23(20)24)35-28-22-7-5-4-6-21(22)27(29)31-32-28/h3-10,12,15,17-18,25-26H,1,11,13-14,16H2,2H3/t17-,18-,25+,26-/m0/s1. The maximum atomic E-state index is 6.84. The first-order valence-electron chi connectivity index (χ1n) is 12.0. The van der Waals surface area contributed by atoms with Crippen LogP contribution in [0, 0.1) is 11.8 Å². The van der Waals surface area contributed by atoms with E-state index in [1.165, 1.54) is 6.42 Å². The molecule has 0 N–H and O–H groups in total. The molecule has 0 aliphatic carbocycles. The van der Waals surface area contributed by atoms with E-state index in [-0.39, 0.29) is 12.1 Å². The van der Waals surface area contributed by atoms with Gasteiger partial charge in [0.15, 0.2) is 5.15 Å². The lowest BCUT2D eigenvalue weighted by Crippen LogP contribution is -2.55. The van der Waals surface area contributed by atoms with Gasteiger partial charge in [0.2, 0.25) is 5.88 Å². The van der Waals surface area contributed by atoms with Crippen LogP contribution in [0.2, 0.25) is 5.15 Å². The number of benzene rings is 2. The molecule has 5 heterocycles. The van der Waals surface area contributed by atoms with Gasteiger partial charge in [-0.15, -0.1) is 16.8 Å². The second-order valence-corrected chi connectivity index (χ2v) is 9.77. The Balaban J connectivity index is 1.49. The van der Waals surface area contributed by atoms with Gasteiger partial charge in [-0.25, -0.2) is 0 Å². The van der Waals surface area contributed by atoms with E-state index in [2.05, 4.69) is 38.8 Å². The van der Waals surface area contributed by atoms with Crippen molar-refractivity contribution in [2.75, 3.05) is 20.2 Å². The van der Waals surface area contributed by atoms with Crippen molar-refractivity contribution in [2.24, 2.45) is 11.8 Å². The summed E-state index contributed by atoms with van der Waals surface area (Å²) in [5.41, 5.74) is 1.98. The summed E-state index contributed by atoms with van der Waals surface area (Å²) < 4.78 is 12.4. The van der Waals surface area contributed by atoms with Crippen molar-refractivity contribution < 1.29 is 9.47 Å². The third-order valence-corrected chi connectivity index (χ3v) is 7.92. The van der Waals surface area contributed by atoms with E-state index in [1.807, 2.05) is 48.7 Å². The van der Waals surface area contributed by atoms with Crippen molar-refractivity contribution in [2.45, 2.75) is 25.0 Å². The van der Waals surface area contributed by atoms with Gasteiger partial charge in [0.25, 0.3) is 0 Å². The molecule has 178 valence electrons. The van der Waals surface area contributed by atoms with Gasteiger partial charge in [0, 0.05) is 34.5 Å². The molecule has 2 aromatic heterocycles.